The summed E-state index contributed by atoms with van der Waals surface area (Å²) >= 11 is 0. The minimum absolute atomic E-state index is 0.142. The van der Waals surface area contributed by atoms with Crippen molar-refractivity contribution in [3.8, 4) is 0 Å². The Morgan fingerprint density at radius 2 is 2.10 bits per heavy atom. The maximum atomic E-state index is 12.0. The number of hydrogen-bond acceptors (Lipinski definition) is 4. The first-order chi connectivity index (χ1) is 9.66. The van der Waals surface area contributed by atoms with Gasteiger partial charge in [-0.1, -0.05) is 30.3 Å². The Morgan fingerprint density at radius 1 is 1.35 bits per heavy atom. The smallest absolute Gasteiger partial charge is 0.410 e. The number of carbonyl (C=O) groups is 2. The third kappa shape index (κ3) is 3.96. The van der Waals surface area contributed by atoms with E-state index in [2.05, 4.69) is 0 Å². The Kier molecular flexibility index (Phi) is 4.95. The molecule has 0 spiro atoms. The third-order valence-corrected chi connectivity index (χ3v) is 3.06. The molecule has 1 heterocycles. The molecule has 1 aliphatic rings. The van der Waals surface area contributed by atoms with E-state index >= 15 is 0 Å². The molecule has 0 aromatic heterocycles. The number of primary amides is 1. The zero-order valence-corrected chi connectivity index (χ0v) is 11.2. The second-order valence-corrected chi connectivity index (χ2v) is 4.60. The predicted molar refractivity (Wildman–Crippen MR) is 71.8 cm³/mol. The molecule has 0 bridgehead atoms. The lowest BCUT2D eigenvalue weighted by molar-refractivity contribution is -0.129. The lowest BCUT2D eigenvalue weighted by Gasteiger charge is -2.21. The largest absolute Gasteiger partial charge is 0.445 e. The lowest BCUT2D eigenvalue weighted by atomic mass is 10.2. The molecule has 1 aromatic rings. The molecule has 0 aliphatic carbocycles. The van der Waals surface area contributed by atoms with Crippen LogP contribution in [0.25, 0.3) is 0 Å². The van der Waals surface area contributed by atoms with Crippen LogP contribution < -0.4 is 5.73 Å². The molecule has 0 saturated carbocycles. The summed E-state index contributed by atoms with van der Waals surface area (Å²) in [5.41, 5.74) is 6.14. The molecule has 2 amide bonds. The van der Waals surface area contributed by atoms with Crippen LogP contribution >= 0.6 is 0 Å². The molecule has 1 fully saturated rings. The maximum absolute atomic E-state index is 12.0. The highest BCUT2D eigenvalue weighted by Gasteiger charge is 2.26. The number of ether oxygens (including phenoxy) is 2. The van der Waals surface area contributed by atoms with Crippen molar-refractivity contribution < 1.29 is 19.1 Å². The van der Waals surface area contributed by atoms with Gasteiger partial charge in [-0.05, 0) is 12.0 Å². The summed E-state index contributed by atoms with van der Waals surface area (Å²) in [6, 6.07) is 9.42. The molecule has 2 rings (SSSR count). The molecule has 1 aliphatic heterocycles. The minimum Gasteiger partial charge on any atom is -0.445 e. The minimum atomic E-state index is -0.762. The molecule has 6 heteroatoms. The molecule has 0 radical (unpaired) electrons. The topological polar surface area (TPSA) is 81.9 Å². The summed E-state index contributed by atoms with van der Waals surface area (Å²) in [5, 5.41) is 0. The zero-order chi connectivity index (χ0) is 14.4. The molecular formula is C14H18N2O4. The van der Waals surface area contributed by atoms with Crippen molar-refractivity contribution in [2.24, 2.45) is 5.73 Å². The van der Waals surface area contributed by atoms with Gasteiger partial charge in [-0.3, -0.25) is 4.79 Å². The van der Waals surface area contributed by atoms with Crippen molar-refractivity contribution in [1.82, 2.24) is 4.90 Å². The molecule has 0 unspecified atom stereocenters. The molecule has 1 aromatic carbocycles. The van der Waals surface area contributed by atoms with Crippen LogP contribution in [-0.2, 0) is 20.9 Å². The third-order valence-electron chi connectivity index (χ3n) is 3.06. The van der Waals surface area contributed by atoms with Gasteiger partial charge in [-0.15, -0.1) is 0 Å². The van der Waals surface area contributed by atoms with Crippen molar-refractivity contribution in [2.45, 2.75) is 19.1 Å². The second kappa shape index (κ2) is 6.91. The Bertz CT molecular complexity index is 464. The van der Waals surface area contributed by atoms with Crippen LogP contribution in [0.5, 0.6) is 0 Å². The number of rotatable bonds is 3. The zero-order valence-electron chi connectivity index (χ0n) is 11.2. The molecule has 6 nitrogen and oxygen atoms in total. The quantitative estimate of drug-likeness (QED) is 0.890. The average molecular weight is 278 g/mol. The summed E-state index contributed by atoms with van der Waals surface area (Å²) < 4.78 is 10.5. The number of benzene rings is 1. The van der Waals surface area contributed by atoms with Gasteiger partial charge in [-0.2, -0.15) is 0 Å². The van der Waals surface area contributed by atoms with Crippen LogP contribution in [0.15, 0.2) is 30.3 Å². The van der Waals surface area contributed by atoms with Gasteiger partial charge < -0.3 is 20.1 Å². The van der Waals surface area contributed by atoms with Gasteiger partial charge >= 0.3 is 6.09 Å². The summed E-state index contributed by atoms with van der Waals surface area (Å²) in [6.07, 6.45) is -0.558. The maximum Gasteiger partial charge on any atom is 0.410 e. The van der Waals surface area contributed by atoms with Crippen LogP contribution in [0.2, 0.25) is 0 Å². The van der Waals surface area contributed by atoms with E-state index < -0.39 is 18.1 Å². The molecule has 1 atom stereocenters. The average Bonchev–Trinajstić information content (AvgIpc) is 2.72. The highest BCUT2D eigenvalue weighted by molar-refractivity contribution is 5.80. The van der Waals surface area contributed by atoms with Gasteiger partial charge in [0, 0.05) is 13.2 Å². The van der Waals surface area contributed by atoms with E-state index in [4.69, 9.17) is 15.2 Å². The van der Waals surface area contributed by atoms with E-state index in [1.807, 2.05) is 30.3 Å². The number of nitrogens with two attached hydrogens (primary N) is 1. The van der Waals surface area contributed by atoms with Crippen LogP contribution in [-0.4, -0.2) is 42.7 Å². The number of hydrogen-bond donors (Lipinski definition) is 1. The monoisotopic (exact) mass is 278 g/mol. The van der Waals surface area contributed by atoms with Crippen LogP contribution in [0.3, 0.4) is 0 Å². The van der Waals surface area contributed by atoms with Crippen LogP contribution in [0.1, 0.15) is 12.0 Å². The molecule has 1 saturated heterocycles. The standard InChI is InChI=1S/C14H18N2O4/c15-13(17)12-9-16(7-4-8-19-12)14(18)20-10-11-5-2-1-3-6-11/h1-3,5-6,12H,4,7-10H2,(H2,15,17)/t12-/m0/s1. The molecule has 20 heavy (non-hydrogen) atoms. The highest BCUT2D eigenvalue weighted by atomic mass is 16.6. The van der Waals surface area contributed by atoms with Gasteiger partial charge in [0.2, 0.25) is 5.91 Å². The Labute approximate surface area is 117 Å². The molecule has 2 N–H and O–H groups in total. The first kappa shape index (κ1) is 14.3. The van der Waals surface area contributed by atoms with Crippen molar-refractivity contribution >= 4 is 12.0 Å². The predicted octanol–water partition coefficient (Wildman–Crippen LogP) is 0.899. The van der Waals surface area contributed by atoms with Gasteiger partial charge in [0.15, 0.2) is 6.10 Å². The lowest BCUT2D eigenvalue weighted by Crippen LogP contribution is -2.42. The Hall–Kier alpha value is -2.08. The fourth-order valence-corrected chi connectivity index (χ4v) is 1.97. The van der Waals surface area contributed by atoms with Gasteiger partial charge in [-0.25, -0.2) is 4.79 Å². The first-order valence-electron chi connectivity index (χ1n) is 6.53. The summed E-state index contributed by atoms with van der Waals surface area (Å²) in [7, 11) is 0. The van der Waals surface area contributed by atoms with E-state index in [-0.39, 0.29) is 13.2 Å². The second-order valence-electron chi connectivity index (χ2n) is 4.60. The number of amides is 2. The van der Waals surface area contributed by atoms with Gasteiger partial charge in [0.25, 0.3) is 0 Å². The SMILES string of the molecule is NC(=O)[C@@H]1CN(C(=O)OCc2ccccc2)CCCO1. The van der Waals surface area contributed by atoms with E-state index in [0.717, 1.165) is 5.56 Å². The number of carbonyl (C=O) groups excluding carboxylic acids is 2. The van der Waals surface area contributed by atoms with Gasteiger partial charge in [0.05, 0.1) is 6.54 Å². The molecular weight excluding hydrogens is 260 g/mol. The fourth-order valence-electron chi connectivity index (χ4n) is 1.97. The Morgan fingerprint density at radius 3 is 2.80 bits per heavy atom. The fraction of sp³-hybridized carbons (Fsp3) is 0.429. The van der Waals surface area contributed by atoms with Crippen molar-refractivity contribution in [2.75, 3.05) is 19.7 Å². The van der Waals surface area contributed by atoms with E-state index in [1.54, 1.807) is 0 Å². The summed E-state index contributed by atoms with van der Waals surface area (Å²) in [5.74, 6) is -0.562. The van der Waals surface area contributed by atoms with Gasteiger partial charge in [0.1, 0.15) is 6.61 Å². The van der Waals surface area contributed by atoms with Crippen molar-refractivity contribution in [1.29, 1.82) is 0 Å². The normalized spacial score (nSPS) is 19.2. The molecule has 108 valence electrons. The van der Waals surface area contributed by atoms with Crippen LogP contribution in [0, 0.1) is 0 Å². The summed E-state index contributed by atoms with van der Waals surface area (Å²) in [4.78, 5) is 24.6. The van der Waals surface area contributed by atoms with Crippen LogP contribution in [0.4, 0.5) is 4.79 Å². The van der Waals surface area contributed by atoms with Crippen molar-refractivity contribution in [3.05, 3.63) is 35.9 Å². The summed E-state index contributed by atoms with van der Waals surface area (Å²) in [6.45, 7) is 1.26. The van der Waals surface area contributed by atoms with E-state index in [9.17, 15) is 9.59 Å². The van der Waals surface area contributed by atoms with Crippen molar-refractivity contribution in [3.63, 3.8) is 0 Å². The Balaban J connectivity index is 1.89. The van der Waals surface area contributed by atoms with E-state index in [0.29, 0.717) is 19.6 Å². The highest BCUT2D eigenvalue weighted by Crippen LogP contribution is 2.09. The number of nitrogens with zero attached hydrogens (tertiary/aromatic N) is 1. The van der Waals surface area contributed by atoms with E-state index in [1.165, 1.54) is 4.90 Å². The first-order valence-corrected chi connectivity index (χ1v) is 6.53.